The Balaban J connectivity index is 0.942. The van der Waals surface area contributed by atoms with E-state index < -0.39 is 23.9 Å². The van der Waals surface area contributed by atoms with Crippen LogP contribution in [0.15, 0.2) is 101 Å². The van der Waals surface area contributed by atoms with Crippen molar-refractivity contribution in [2.45, 2.75) is 95.5 Å². The van der Waals surface area contributed by atoms with E-state index in [2.05, 4.69) is 29.8 Å². The molecular formula is C55H57N7O9S2. The van der Waals surface area contributed by atoms with Gasteiger partial charge in [0.05, 0.1) is 48.8 Å². The Morgan fingerprint density at radius 2 is 1.18 bits per heavy atom. The Kier molecular flexibility index (Phi) is 14.9. The van der Waals surface area contributed by atoms with Crippen molar-refractivity contribution >= 4 is 92.0 Å². The molecule has 0 saturated heterocycles. The Morgan fingerprint density at radius 1 is 0.685 bits per heavy atom. The first-order chi connectivity index (χ1) is 35.1. The van der Waals surface area contributed by atoms with E-state index in [1.807, 2.05) is 60.9 Å². The van der Waals surface area contributed by atoms with Crippen molar-refractivity contribution < 1.29 is 42.9 Å². The molecular weight excluding hydrogens is 967 g/mol. The van der Waals surface area contributed by atoms with Gasteiger partial charge < -0.3 is 34.9 Å². The molecule has 0 aromatic heterocycles. The zero-order valence-electron chi connectivity index (χ0n) is 41.6. The van der Waals surface area contributed by atoms with Crippen molar-refractivity contribution in [1.82, 2.24) is 10.6 Å². The average molecular weight is 1020 g/mol. The summed E-state index contributed by atoms with van der Waals surface area (Å²) >= 11 is 0. The minimum Gasteiger partial charge on any atom is -0.493 e. The minimum absolute atomic E-state index is 0.0118. The molecule has 9 rings (SSSR count). The monoisotopic (exact) mass is 1020 g/mol. The van der Waals surface area contributed by atoms with Crippen LogP contribution in [-0.4, -0.2) is 91.4 Å². The number of benzene rings is 5. The van der Waals surface area contributed by atoms with Gasteiger partial charge in [-0.2, -0.15) is 0 Å². The second-order valence-electron chi connectivity index (χ2n) is 18.9. The first kappa shape index (κ1) is 50.6. The van der Waals surface area contributed by atoms with Crippen LogP contribution in [0.4, 0.5) is 28.4 Å². The molecule has 5 aromatic rings. The maximum atomic E-state index is 14.1. The molecule has 4 atom stereocenters. The van der Waals surface area contributed by atoms with Gasteiger partial charge >= 0.3 is 0 Å². The van der Waals surface area contributed by atoms with Crippen molar-refractivity contribution in [2.75, 3.05) is 35.6 Å². The number of nitrogens with zero attached hydrogens (tertiary/aromatic N) is 4. The van der Waals surface area contributed by atoms with Gasteiger partial charge in [-0.1, -0.05) is 58.0 Å². The molecule has 18 heteroatoms. The first-order valence-corrected chi connectivity index (χ1v) is 26.6. The number of methoxy groups -OCH3 is 2. The molecule has 73 heavy (non-hydrogen) atoms. The lowest BCUT2D eigenvalue weighted by Crippen LogP contribution is -2.50. The number of ether oxygens (including phenoxy) is 4. The number of anilines is 3. The van der Waals surface area contributed by atoms with E-state index in [1.54, 1.807) is 94.1 Å². The predicted molar refractivity (Wildman–Crippen MR) is 287 cm³/mol. The lowest BCUT2D eigenvalue weighted by atomic mass is 10.1. The van der Waals surface area contributed by atoms with E-state index in [4.69, 9.17) is 28.9 Å². The number of amides is 5. The SMILES string of the molecule is COc1cc2c(cc1OCc1cc(COc3cc4c(cc3OC)C(=O)N3c5ccccc5C[C@H]3C=N4)cc(NC(=O)[C@H](C)NC(=O)[C@H](C)NC(=O)CCC(C)(C)SSC)c1)N=C[C@@H]1Cc3ccccc3N1C2=O. The molecule has 0 bridgehead atoms. The van der Waals surface area contributed by atoms with Crippen molar-refractivity contribution in [3.05, 3.63) is 124 Å². The largest absolute Gasteiger partial charge is 0.493 e. The minimum atomic E-state index is -0.990. The quantitative estimate of drug-likeness (QED) is 0.0711. The highest BCUT2D eigenvalue weighted by Crippen LogP contribution is 2.43. The summed E-state index contributed by atoms with van der Waals surface area (Å²) in [6.07, 6.45) is 7.76. The van der Waals surface area contributed by atoms with Gasteiger partial charge in [-0.25, -0.2) is 0 Å². The molecule has 0 spiro atoms. The van der Waals surface area contributed by atoms with Gasteiger partial charge in [0.2, 0.25) is 17.7 Å². The molecule has 4 aliphatic heterocycles. The first-order valence-electron chi connectivity index (χ1n) is 24.0. The molecule has 5 amide bonds. The van der Waals surface area contributed by atoms with Gasteiger partial charge in [-0.05, 0) is 105 Å². The van der Waals surface area contributed by atoms with Crippen LogP contribution >= 0.6 is 21.6 Å². The molecule has 0 aliphatic carbocycles. The molecule has 16 nitrogen and oxygen atoms in total. The number of carbonyl (C=O) groups excluding carboxylic acids is 5. The smallest absolute Gasteiger partial charge is 0.261 e. The van der Waals surface area contributed by atoms with E-state index in [9.17, 15) is 24.0 Å². The fourth-order valence-corrected chi connectivity index (χ4v) is 11.7. The fourth-order valence-electron chi connectivity index (χ4n) is 9.42. The number of rotatable bonds is 18. The van der Waals surface area contributed by atoms with Crippen LogP contribution in [0.3, 0.4) is 0 Å². The molecule has 4 aliphatic rings. The number of nitrogens with one attached hydrogen (secondary N) is 3. The maximum Gasteiger partial charge on any atom is 0.261 e. The van der Waals surface area contributed by atoms with Crippen LogP contribution in [0, 0.1) is 0 Å². The fraction of sp³-hybridized carbons (Fsp3) is 0.327. The number of carbonyl (C=O) groups is 5. The molecule has 0 radical (unpaired) electrons. The highest BCUT2D eigenvalue weighted by atomic mass is 33.1. The summed E-state index contributed by atoms with van der Waals surface area (Å²) < 4.78 is 24.3. The van der Waals surface area contributed by atoms with Gasteiger partial charge in [0, 0.05) is 65.6 Å². The summed E-state index contributed by atoms with van der Waals surface area (Å²) in [6.45, 7) is 7.25. The summed E-state index contributed by atoms with van der Waals surface area (Å²) in [6, 6.07) is 25.3. The van der Waals surface area contributed by atoms with Crippen molar-refractivity contribution in [2.24, 2.45) is 9.98 Å². The Labute approximate surface area is 432 Å². The zero-order chi connectivity index (χ0) is 51.6. The van der Waals surface area contributed by atoms with Crippen LogP contribution in [0.1, 0.15) is 83.5 Å². The average Bonchev–Trinajstić information content (AvgIpc) is 3.87. The standard InChI is InChI=1S/C55H57N7O9S2/c1-31(58-50(63)16-17-55(3,4)73-72-7)51(64)59-32(2)52(65)60-37-19-33(29-70-48-25-42-40(23-46(48)68-5)53(66)61-38(27-56-42)21-35-12-8-10-14-44(35)61)18-34(20-37)30-71-49-26-43-41(24-47(49)69-6)54(67)62-39(28-57-43)22-36-13-9-11-15-45(36)62/h8-15,18-20,23-28,31-32,38-39H,16-17,21-22,29-30H2,1-7H3,(H,58,63)(H,59,64)(H,60,65)/t31-,32-,38-,39-/m0/s1. The zero-order valence-corrected chi connectivity index (χ0v) is 43.3. The molecule has 5 aromatic carbocycles. The Morgan fingerprint density at radius 3 is 1.67 bits per heavy atom. The van der Waals surface area contributed by atoms with Gasteiger partial charge in [-0.15, -0.1) is 0 Å². The summed E-state index contributed by atoms with van der Waals surface area (Å²) in [4.78, 5) is 80.9. The maximum absolute atomic E-state index is 14.1. The van der Waals surface area contributed by atoms with Crippen molar-refractivity contribution in [1.29, 1.82) is 0 Å². The summed E-state index contributed by atoms with van der Waals surface area (Å²) in [5, 5.41) is 8.39. The summed E-state index contributed by atoms with van der Waals surface area (Å²) in [5.74, 6) is -0.320. The van der Waals surface area contributed by atoms with Crippen LogP contribution in [0.25, 0.3) is 0 Å². The number of hydrogen-bond acceptors (Lipinski definition) is 13. The van der Waals surface area contributed by atoms with E-state index >= 15 is 0 Å². The van der Waals surface area contributed by atoms with E-state index in [0.717, 1.165) is 22.5 Å². The molecule has 0 fully saturated rings. The summed E-state index contributed by atoms with van der Waals surface area (Å²) in [7, 11) is 6.33. The van der Waals surface area contributed by atoms with Crippen molar-refractivity contribution in [3.8, 4) is 23.0 Å². The van der Waals surface area contributed by atoms with Gasteiger partial charge in [0.15, 0.2) is 23.0 Å². The van der Waals surface area contributed by atoms with Crippen LogP contribution in [0.5, 0.6) is 23.0 Å². The topological polar surface area (TPSA) is 190 Å². The second kappa shape index (κ2) is 21.4. The third kappa shape index (κ3) is 10.9. The van der Waals surface area contributed by atoms with E-state index in [-0.39, 0.29) is 54.2 Å². The third-order valence-electron chi connectivity index (χ3n) is 13.2. The Bertz CT molecular complexity index is 2910. The number of hydrogen-bond donors (Lipinski definition) is 3. The molecule has 0 saturated carbocycles. The lowest BCUT2D eigenvalue weighted by Gasteiger charge is -2.23. The van der Waals surface area contributed by atoms with Crippen LogP contribution < -0.4 is 44.7 Å². The second-order valence-corrected chi connectivity index (χ2v) is 22.0. The van der Waals surface area contributed by atoms with E-state index in [1.165, 1.54) is 14.2 Å². The number of para-hydroxylation sites is 2. The lowest BCUT2D eigenvalue weighted by molar-refractivity contribution is -0.130. The van der Waals surface area contributed by atoms with Crippen LogP contribution in [0.2, 0.25) is 0 Å². The highest BCUT2D eigenvalue weighted by Gasteiger charge is 2.38. The van der Waals surface area contributed by atoms with Gasteiger partial charge in [-0.3, -0.25) is 43.8 Å². The highest BCUT2D eigenvalue weighted by molar-refractivity contribution is 8.76. The Hall–Kier alpha value is -7.31. The molecule has 4 heterocycles. The molecule has 378 valence electrons. The van der Waals surface area contributed by atoms with E-state index in [0.29, 0.717) is 81.6 Å². The summed E-state index contributed by atoms with van der Waals surface area (Å²) in [5.41, 5.74) is 7.12. The number of fused-ring (bicyclic) bond motifs is 8. The normalized spacial score (nSPS) is 16.9. The predicted octanol–water partition coefficient (Wildman–Crippen LogP) is 8.95. The van der Waals surface area contributed by atoms with Gasteiger partial charge in [0.1, 0.15) is 25.3 Å². The van der Waals surface area contributed by atoms with Crippen molar-refractivity contribution in [3.63, 3.8) is 0 Å². The number of aliphatic imine (C=N–C) groups is 2. The molecule has 3 N–H and O–H groups in total. The molecule has 0 unspecified atom stereocenters. The third-order valence-corrected chi connectivity index (χ3v) is 15.8. The van der Waals surface area contributed by atoms with Gasteiger partial charge in [0.25, 0.3) is 11.8 Å². The van der Waals surface area contributed by atoms with Crippen LogP contribution in [-0.2, 0) is 40.4 Å².